The number of fused-ring (bicyclic) bond motifs is 9. The van der Waals surface area contributed by atoms with Gasteiger partial charge in [-0.2, -0.15) is 0 Å². The van der Waals surface area contributed by atoms with Crippen LogP contribution in [0.2, 0.25) is 10.0 Å². The maximum absolute atomic E-state index is 14.0. The van der Waals surface area contributed by atoms with E-state index < -0.39 is 0 Å². The second-order valence-electron chi connectivity index (χ2n) is 11.5. The van der Waals surface area contributed by atoms with Crippen LogP contribution in [0.25, 0.3) is 0 Å². The lowest BCUT2D eigenvalue weighted by Gasteiger charge is -2.43. The highest BCUT2D eigenvalue weighted by Crippen LogP contribution is 2.69. The molecule has 43 heavy (non-hydrogen) atoms. The minimum atomic E-state index is -0.389. The molecule has 0 spiro atoms. The molecular weight excluding hydrogens is 691 g/mol. The Hall–Kier alpha value is -2.56. The second-order valence-corrected chi connectivity index (χ2v) is 15.5. The number of carbonyl (C=O) groups excluding carboxylic acids is 2. The van der Waals surface area contributed by atoms with E-state index in [0.717, 1.165) is 31.9 Å². The molecule has 11 heteroatoms. The number of hydrogen-bond acceptors (Lipinski definition) is 6. The van der Waals surface area contributed by atoms with Gasteiger partial charge in [0.2, 0.25) is 11.8 Å². The van der Waals surface area contributed by atoms with Crippen LogP contribution in [0, 0.1) is 29.6 Å². The summed E-state index contributed by atoms with van der Waals surface area (Å²) in [6.45, 7) is 0.337. The van der Waals surface area contributed by atoms with Gasteiger partial charge in [-0.05, 0) is 84.3 Å². The third-order valence-corrected chi connectivity index (χ3v) is 13.0. The number of anilines is 1. The standard InChI is InChI=1S/C32H23BrCl2N2O4S2/c33-15-3-8-18(9-4-15)37-30(38)25-20-12-21(26(25)31(37)39)27-24(20)23(28-29(42-27)36-32(40)43-28)19-11-17(35)7-10-22(19)41-13-14-1-5-16(34)6-2-14/h1-11,20-21,23-27H,12-13H2,(H,36,40)/t20-,21-,23+,24+,25+,26+,27-/m1/s1. The number of hydrogen-bond donors (Lipinski definition) is 1. The van der Waals surface area contributed by atoms with E-state index in [4.69, 9.17) is 27.9 Å². The number of imide groups is 1. The van der Waals surface area contributed by atoms with E-state index in [2.05, 4.69) is 20.9 Å². The number of benzene rings is 3. The highest BCUT2D eigenvalue weighted by Gasteiger charge is 2.69. The average molecular weight is 714 g/mol. The molecule has 2 amide bonds. The Balaban J connectivity index is 1.20. The van der Waals surface area contributed by atoms with E-state index >= 15 is 0 Å². The predicted octanol–water partition coefficient (Wildman–Crippen LogP) is 7.76. The zero-order chi connectivity index (χ0) is 29.6. The van der Waals surface area contributed by atoms with Crippen LogP contribution in [-0.4, -0.2) is 22.0 Å². The largest absolute Gasteiger partial charge is 0.489 e. The first-order valence-corrected chi connectivity index (χ1v) is 17.2. The Morgan fingerprint density at radius 2 is 1.60 bits per heavy atom. The molecule has 3 fully saturated rings. The maximum Gasteiger partial charge on any atom is 0.305 e. The summed E-state index contributed by atoms with van der Waals surface area (Å²) in [4.78, 5) is 45.9. The number of ether oxygens (including phenoxy) is 1. The number of thiazole rings is 1. The molecular formula is C32H23BrCl2N2O4S2. The van der Waals surface area contributed by atoms with Crippen molar-refractivity contribution in [1.29, 1.82) is 0 Å². The van der Waals surface area contributed by atoms with Crippen LogP contribution in [-0.2, 0) is 16.2 Å². The van der Waals surface area contributed by atoms with Crippen LogP contribution in [0.3, 0.4) is 0 Å². The van der Waals surface area contributed by atoms with Crippen LogP contribution in [0.5, 0.6) is 5.75 Å². The molecule has 1 N–H and O–H groups in total. The predicted molar refractivity (Wildman–Crippen MR) is 172 cm³/mol. The van der Waals surface area contributed by atoms with Crippen molar-refractivity contribution in [2.75, 3.05) is 4.90 Å². The zero-order valence-corrected chi connectivity index (χ0v) is 27.1. The summed E-state index contributed by atoms with van der Waals surface area (Å²) >= 11 is 19.0. The molecule has 218 valence electrons. The van der Waals surface area contributed by atoms with Gasteiger partial charge in [-0.25, -0.2) is 0 Å². The Bertz CT molecular complexity index is 1840. The quantitative estimate of drug-likeness (QED) is 0.214. The van der Waals surface area contributed by atoms with Gasteiger partial charge in [-0.15, -0.1) is 11.8 Å². The first kappa shape index (κ1) is 28.0. The van der Waals surface area contributed by atoms with Gasteiger partial charge in [0.25, 0.3) is 0 Å². The zero-order valence-electron chi connectivity index (χ0n) is 22.3. The summed E-state index contributed by atoms with van der Waals surface area (Å²) in [6, 6.07) is 20.5. The first-order chi connectivity index (χ1) is 20.8. The Morgan fingerprint density at radius 1 is 0.907 bits per heavy atom. The van der Waals surface area contributed by atoms with Crippen molar-refractivity contribution in [3.05, 3.63) is 107 Å². The number of aromatic amines is 1. The number of H-pyrrole nitrogens is 1. The fraction of sp³-hybridized carbons (Fsp3) is 0.281. The van der Waals surface area contributed by atoms with E-state index in [-0.39, 0.29) is 57.4 Å². The average Bonchev–Trinajstić information content (AvgIpc) is 3.73. The summed E-state index contributed by atoms with van der Waals surface area (Å²) in [5, 5.41) is 2.14. The van der Waals surface area contributed by atoms with Crippen molar-refractivity contribution in [3.8, 4) is 5.75 Å². The van der Waals surface area contributed by atoms with Crippen molar-refractivity contribution in [2.24, 2.45) is 29.6 Å². The molecule has 3 heterocycles. The lowest BCUT2D eigenvalue weighted by atomic mass is 9.68. The van der Waals surface area contributed by atoms with Gasteiger partial charge in [-0.1, -0.05) is 62.6 Å². The van der Waals surface area contributed by atoms with Crippen LogP contribution >= 0.6 is 62.2 Å². The van der Waals surface area contributed by atoms with Crippen molar-refractivity contribution in [1.82, 2.24) is 4.98 Å². The Morgan fingerprint density at radius 3 is 2.35 bits per heavy atom. The Kier molecular flexibility index (Phi) is 6.84. The molecule has 8 rings (SSSR count). The molecule has 2 aliphatic carbocycles. The lowest BCUT2D eigenvalue weighted by molar-refractivity contribution is -0.123. The number of nitrogens with one attached hydrogen (secondary N) is 1. The minimum absolute atomic E-state index is 0.0113. The lowest BCUT2D eigenvalue weighted by Crippen LogP contribution is -2.42. The topological polar surface area (TPSA) is 79.5 Å². The van der Waals surface area contributed by atoms with E-state index in [0.29, 0.717) is 28.1 Å². The number of rotatable bonds is 5. The molecule has 3 aromatic carbocycles. The molecule has 2 bridgehead atoms. The molecule has 7 atom stereocenters. The third kappa shape index (κ3) is 4.45. The molecule has 4 aromatic rings. The van der Waals surface area contributed by atoms with Gasteiger partial charge in [0.15, 0.2) is 0 Å². The fourth-order valence-electron chi connectivity index (χ4n) is 7.85. The van der Waals surface area contributed by atoms with Crippen LogP contribution in [0.1, 0.15) is 28.3 Å². The number of carbonyl (C=O) groups is 2. The van der Waals surface area contributed by atoms with Crippen molar-refractivity contribution >= 4 is 79.7 Å². The monoisotopic (exact) mass is 712 g/mol. The number of aromatic nitrogens is 1. The SMILES string of the molecule is O=C1[C@H]2[C@H]3C[C@@H]([C@@H]2C(=O)N1c1ccc(Br)cc1)[C@H]1[C@H](c2cc(Cl)ccc2OCc2ccc(Cl)cc2)c2sc(=O)[nH]c2S[C@H]31. The minimum Gasteiger partial charge on any atom is -0.489 e. The molecule has 4 aliphatic rings. The molecule has 2 aliphatic heterocycles. The summed E-state index contributed by atoms with van der Waals surface area (Å²) in [7, 11) is 0. The second kappa shape index (κ2) is 10.5. The van der Waals surface area contributed by atoms with Gasteiger partial charge in [0, 0.05) is 36.1 Å². The summed E-state index contributed by atoms with van der Waals surface area (Å²) in [5.74, 6) is -0.446. The molecule has 6 nitrogen and oxygen atoms in total. The van der Waals surface area contributed by atoms with E-state index in [1.54, 1.807) is 11.8 Å². The summed E-state index contributed by atoms with van der Waals surface area (Å²) < 4.78 is 7.29. The molecule has 1 aromatic heterocycles. The maximum atomic E-state index is 14.0. The van der Waals surface area contributed by atoms with E-state index in [1.807, 2.05) is 66.7 Å². The fourth-order valence-corrected chi connectivity index (χ4v) is 11.3. The van der Waals surface area contributed by atoms with Crippen molar-refractivity contribution in [2.45, 2.75) is 29.2 Å². The highest BCUT2D eigenvalue weighted by atomic mass is 79.9. The van der Waals surface area contributed by atoms with E-state index in [1.165, 1.54) is 16.2 Å². The van der Waals surface area contributed by atoms with Gasteiger partial charge < -0.3 is 9.72 Å². The number of halogens is 3. The van der Waals surface area contributed by atoms with Gasteiger partial charge in [0.1, 0.15) is 12.4 Å². The van der Waals surface area contributed by atoms with Crippen LogP contribution in [0.4, 0.5) is 5.69 Å². The van der Waals surface area contributed by atoms with Crippen molar-refractivity contribution in [3.63, 3.8) is 0 Å². The van der Waals surface area contributed by atoms with Gasteiger partial charge >= 0.3 is 4.87 Å². The molecule has 0 radical (unpaired) electrons. The van der Waals surface area contributed by atoms with Crippen molar-refractivity contribution < 1.29 is 14.3 Å². The number of amides is 2. The molecule has 1 saturated heterocycles. The van der Waals surface area contributed by atoms with Crippen LogP contribution in [0.15, 0.2) is 81.0 Å². The van der Waals surface area contributed by atoms with Crippen LogP contribution < -0.4 is 14.5 Å². The smallest absolute Gasteiger partial charge is 0.305 e. The van der Waals surface area contributed by atoms with Gasteiger partial charge in [-0.3, -0.25) is 19.3 Å². The third-order valence-electron chi connectivity index (χ3n) is 9.42. The molecule has 2 saturated carbocycles. The summed E-state index contributed by atoms with van der Waals surface area (Å²) in [5.41, 5.74) is 2.48. The Labute approximate surface area is 273 Å². The number of nitrogens with zero attached hydrogens (tertiary/aromatic N) is 1. The normalized spacial score (nSPS) is 28.6. The molecule has 0 unspecified atom stereocenters. The first-order valence-electron chi connectivity index (χ1n) is 14.0. The van der Waals surface area contributed by atoms with Gasteiger partial charge in [0.05, 0.1) is 22.5 Å². The summed E-state index contributed by atoms with van der Waals surface area (Å²) in [6.07, 6.45) is 0.806. The number of thioether (sulfide) groups is 1. The highest BCUT2D eigenvalue weighted by molar-refractivity contribution is 9.10. The van der Waals surface area contributed by atoms with E-state index in [9.17, 15) is 14.4 Å².